The quantitative estimate of drug-likeness (QED) is 0.882. The number of anilines is 2. The maximum absolute atomic E-state index is 12.4. The van der Waals surface area contributed by atoms with E-state index < -0.39 is 0 Å². The first kappa shape index (κ1) is 18.0. The fraction of sp³-hybridized carbons (Fsp3) is 0.333. The molecular weight excluding hydrogens is 326 g/mol. The Balaban J connectivity index is 1.64. The lowest BCUT2D eigenvalue weighted by Gasteiger charge is -2.19. The van der Waals surface area contributed by atoms with Gasteiger partial charge in [-0.05, 0) is 68.1 Å². The van der Waals surface area contributed by atoms with Crippen LogP contribution in [0.15, 0.2) is 36.4 Å². The van der Waals surface area contributed by atoms with Crippen LogP contribution in [0.2, 0.25) is 0 Å². The van der Waals surface area contributed by atoms with Crippen LogP contribution in [-0.2, 0) is 4.79 Å². The standard InChI is InChI=1S/C21H25N3O2/c1-13-8-9-18(10-15(13)3)24-12-17(11-20(24)25)22-21(26)23-19-7-5-6-14(2)16(19)4/h5-10,17H,11-12H2,1-4H3,(H2,22,23,26)/t17-/m1/s1. The summed E-state index contributed by atoms with van der Waals surface area (Å²) in [5.74, 6) is 0.0327. The minimum absolute atomic E-state index is 0.0327. The van der Waals surface area contributed by atoms with E-state index in [1.54, 1.807) is 4.90 Å². The Hall–Kier alpha value is -2.82. The minimum Gasteiger partial charge on any atom is -0.333 e. The van der Waals surface area contributed by atoms with E-state index >= 15 is 0 Å². The molecule has 26 heavy (non-hydrogen) atoms. The van der Waals surface area contributed by atoms with E-state index in [1.807, 2.05) is 64.1 Å². The molecule has 0 aliphatic carbocycles. The molecule has 1 heterocycles. The highest BCUT2D eigenvalue weighted by molar-refractivity contribution is 5.98. The van der Waals surface area contributed by atoms with Crippen molar-refractivity contribution < 1.29 is 9.59 Å². The molecule has 1 aliphatic rings. The number of hydrogen-bond donors (Lipinski definition) is 2. The van der Waals surface area contributed by atoms with Crippen LogP contribution in [0.3, 0.4) is 0 Å². The van der Waals surface area contributed by atoms with Gasteiger partial charge in [0.05, 0.1) is 6.04 Å². The number of nitrogens with one attached hydrogen (secondary N) is 2. The van der Waals surface area contributed by atoms with Gasteiger partial charge >= 0.3 is 6.03 Å². The third-order valence-electron chi connectivity index (χ3n) is 5.12. The third-order valence-corrected chi connectivity index (χ3v) is 5.12. The van der Waals surface area contributed by atoms with Crippen molar-refractivity contribution in [2.24, 2.45) is 0 Å². The van der Waals surface area contributed by atoms with E-state index in [2.05, 4.69) is 10.6 Å². The fourth-order valence-electron chi connectivity index (χ4n) is 3.18. The first-order valence-electron chi connectivity index (χ1n) is 8.86. The number of amides is 3. The predicted octanol–water partition coefficient (Wildman–Crippen LogP) is 3.85. The molecule has 3 amide bonds. The molecule has 1 saturated heterocycles. The topological polar surface area (TPSA) is 61.4 Å². The number of urea groups is 1. The number of benzene rings is 2. The van der Waals surface area contributed by atoms with E-state index in [-0.39, 0.29) is 18.0 Å². The molecule has 0 unspecified atom stereocenters. The van der Waals surface area contributed by atoms with Crippen LogP contribution in [0.1, 0.15) is 28.7 Å². The van der Waals surface area contributed by atoms with Crippen molar-refractivity contribution in [2.75, 3.05) is 16.8 Å². The molecule has 0 aromatic heterocycles. The number of hydrogen-bond acceptors (Lipinski definition) is 2. The lowest BCUT2D eigenvalue weighted by molar-refractivity contribution is -0.117. The Morgan fingerprint density at radius 1 is 1.04 bits per heavy atom. The van der Waals surface area contributed by atoms with Gasteiger partial charge in [0.2, 0.25) is 5.91 Å². The van der Waals surface area contributed by atoms with E-state index in [0.29, 0.717) is 13.0 Å². The van der Waals surface area contributed by atoms with Crippen LogP contribution < -0.4 is 15.5 Å². The van der Waals surface area contributed by atoms with Gasteiger partial charge in [-0.15, -0.1) is 0 Å². The predicted molar refractivity (Wildman–Crippen MR) is 105 cm³/mol. The van der Waals surface area contributed by atoms with Crippen molar-refractivity contribution in [3.8, 4) is 0 Å². The minimum atomic E-state index is -0.279. The van der Waals surface area contributed by atoms with Crippen LogP contribution in [0, 0.1) is 27.7 Å². The number of nitrogens with zero attached hydrogens (tertiary/aromatic N) is 1. The second kappa shape index (κ2) is 7.20. The normalized spacial score (nSPS) is 16.7. The summed E-state index contributed by atoms with van der Waals surface area (Å²) in [6.45, 7) is 8.56. The highest BCUT2D eigenvalue weighted by atomic mass is 16.2. The summed E-state index contributed by atoms with van der Waals surface area (Å²) < 4.78 is 0. The zero-order valence-corrected chi connectivity index (χ0v) is 15.7. The largest absolute Gasteiger partial charge is 0.333 e. The summed E-state index contributed by atoms with van der Waals surface area (Å²) in [6, 6.07) is 11.3. The Bertz CT molecular complexity index is 860. The molecule has 2 N–H and O–H groups in total. The zero-order chi connectivity index (χ0) is 18.8. The van der Waals surface area contributed by atoms with Crippen LogP contribution in [0.25, 0.3) is 0 Å². The maximum atomic E-state index is 12.4. The number of rotatable bonds is 3. The summed E-state index contributed by atoms with van der Waals surface area (Å²) in [5.41, 5.74) is 6.19. The number of carbonyl (C=O) groups is 2. The first-order valence-corrected chi connectivity index (χ1v) is 8.86. The molecule has 3 rings (SSSR count). The summed E-state index contributed by atoms with van der Waals surface area (Å²) in [7, 11) is 0. The first-order chi connectivity index (χ1) is 12.3. The van der Waals surface area contributed by atoms with Crippen molar-refractivity contribution in [1.29, 1.82) is 0 Å². The summed E-state index contributed by atoms with van der Waals surface area (Å²) in [5, 5.41) is 5.80. The van der Waals surface area contributed by atoms with Crippen molar-refractivity contribution in [3.05, 3.63) is 58.7 Å². The van der Waals surface area contributed by atoms with Gasteiger partial charge in [-0.3, -0.25) is 4.79 Å². The maximum Gasteiger partial charge on any atom is 0.319 e. The van der Waals surface area contributed by atoms with E-state index in [1.165, 1.54) is 5.56 Å². The van der Waals surface area contributed by atoms with Crippen LogP contribution in [-0.4, -0.2) is 24.5 Å². The molecule has 1 fully saturated rings. The molecular formula is C21H25N3O2. The molecule has 0 bridgehead atoms. The Morgan fingerprint density at radius 2 is 1.81 bits per heavy atom. The molecule has 1 aliphatic heterocycles. The molecule has 2 aromatic carbocycles. The second-order valence-electron chi connectivity index (χ2n) is 7.02. The van der Waals surface area contributed by atoms with Crippen LogP contribution in [0.5, 0.6) is 0 Å². The summed E-state index contributed by atoms with van der Waals surface area (Å²) >= 11 is 0. The van der Waals surface area contributed by atoms with Gasteiger partial charge in [-0.25, -0.2) is 4.79 Å². The monoisotopic (exact) mass is 351 g/mol. The lowest BCUT2D eigenvalue weighted by Crippen LogP contribution is -2.39. The van der Waals surface area contributed by atoms with Crippen LogP contribution in [0.4, 0.5) is 16.2 Å². The highest BCUT2D eigenvalue weighted by Crippen LogP contribution is 2.24. The zero-order valence-electron chi connectivity index (χ0n) is 15.7. The summed E-state index contributed by atoms with van der Waals surface area (Å²) in [6.07, 6.45) is 0.313. The molecule has 2 aromatic rings. The van der Waals surface area contributed by atoms with Gasteiger partial charge in [-0.2, -0.15) is 0 Å². The van der Waals surface area contributed by atoms with E-state index in [0.717, 1.165) is 28.1 Å². The third kappa shape index (κ3) is 3.72. The Kier molecular flexibility index (Phi) is 4.98. The molecule has 0 spiro atoms. The molecule has 0 saturated carbocycles. The van der Waals surface area contributed by atoms with Crippen molar-refractivity contribution in [1.82, 2.24) is 5.32 Å². The highest BCUT2D eigenvalue weighted by Gasteiger charge is 2.31. The average molecular weight is 351 g/mol. The molecule has 0 radical (unpaired) electrons. The van der Waals surface area contributed by atoms with E-state index in [9.17, 15) is 9.59 Å². The van der Waals surface area contributed by atoms with Crippen LogP contribution >= 0.6 is 0 Å². The second-order valence-corrected chi connectivity index (χ2v) is 7.02. The average Bonchev–Trinajstić information content (AvgIpc) is 2.94. The Morgan fingerprint density at radius 3 is 2.54 bits per heavy atom. The smallest absolute Gasteiger partial charge is 0.319 e. The lowest BCUT2D eigenvalue weighted by atomic mass is 10.1. The number of carbonyl (C=O) groups excluding carboxylic acids is 2. The molecule has 5 heteroatoms. The van der Waals surface area contributed by atoms with E-state index in [4.69, 9.17) is 0 Å². The summed E-state index contributed by atoms with van der Waals surface area (Å²) in [4.78, 5) is 26.4. The molecule has 1 atom stereocenters. The van der Waals surface area contributed by atoms with Crippen molar-refractivity contribution in [3.63, 3.8) is 0 Å². The van der Waals surface area contributed by atoms with Crippen molar-refractivity contribution in [2.45, 2.75) is 40.2 Å². The van der Waals surface area contributed by atoms with Gasteiger partial charge in [0.15, 0.2) is 0 Å². The van der Waals surface area contributed by atoms with Gasteiger partial charge in [0.25, 0.3) is 0 Å². The van der Waals surface area contributed by atoms with Gasteiger partial charge < -0.3 is 15.5 Å². The Labute approximate surface area is 154 Å². The molecule has 136 valence electrons. The fourth-order valence-corrected chi connectivity index (χ4v) is 3.18. The molecule has 5 nitrogen and oxygen atoms in total. The van der Waals surface area contributed by atoms with Gasteiger partial charge in [0, 0.05) is 24.3 Å². The SMILES string of the molecule is Cc1ccc(N2C[C@H](NC(=O)Nc3cccc(C)c3C)CC2=O)cc1C. The van der Waals surface area contributed by atoms with Gasteiger partial charge in [0.1, 0.15) is 0 Å². The van der Waals surface area contributed by atoms with Crippen molar-refractivity contribution >= 4 is 23.3 Å². The van der Waals surface area contributed by atoms with Gasteiger partial charge in [-0.1, -0.05) is 18.2 Å². The number of aryl methyl sites for hydroxylation is 3.